The first-order valence-electron chi connectivity index (χ1n) is 21.4. The van der Waals surface area contributed by atoms with Crippen LogP contribution in [0.3, 0.4) is 0 Å². The van der Waals surface area contributed by atoms with Gasteiger partial charge in [0.15, 0.2) is 0 Å². The van der Waals surface area contributed by atoms with Crippen LogP contribution in [0, 0.1) is 0 Å². The fourth-order valence-electron chi connectivity index (χ4n) is 7.21. The van der Waals surface area contributed by atoms with Crippen molar-refractivity contribution in [3.8, 4) is 0 Å². The van der Waals surface area contributed by atoms with Gasteiger partial charge in [-0.2, -0.15) is 0 Å². The predicted octanol–water partition coefficient (Wildman–Crippen LogP) is 14.6. The maximum atomic E-state index is 2.64. The van der Waals surface area contributed by atoms with Gasteiger partial charge in [-0.05, 0) is 32.1 Å². The molecule has 0 aliphatic heterocycles. The lowest BCUT2D eigenvalue weighted by atomic mass is 10.0. The molecule has 1 aromatic rings. The smallest absolute Gasteiger partial charge is 0.234 e. The molecule has 266 valence electrons. The molecule has 0 amide bonds. The minimum atomic E-state index is 1.23. The van der Waals surface area contributed by atoms with Crippen molar-refractivity contribution >= 4 is 0 Å². The first kappa shape index (κ1) is 42.2. The number of unbranched alkanes of at least 4 members (excludes halogenated alkanes) is 31. The Morgan fingerprint density at radius 3 is 1.07 bits per heavy atom. The lowest BCUT2D eigenvalue weighted by molar-refractivity contribution is -0.704. The van der Waals surface area contributed by atoms with E-state index in [-0.39, 0.29) is 0 Å². The van der Waals surface area contributed by atoms with E-state index in [1.807, 2.05) is 0 Å². The van der Waals surface area contributed by atoms with E-state index in [1.165, 1.54) is 238 Å². The van der Waals surface area contributed by atoms with Crippen LogP contribution in [0.4, 0.5) is 0 Å². The molecule has 0 aliphatic rings. The third-order valence-electron chi connectivity index (χ3n) is 10.3. The maximum absolute atomic E-state index is 2.64. The van der Waals surface area contributed by atoms with Gasteiger partial charge in [0.1, 0.15) is 12.4 Å². The second-order valence-corrected chi connectivity index (χ2v) is 14.8. The second-order valence-electron chi connectivity index (χ2n) is 14.8. The Hall–Kier alpha value is -0.790. The zero-order chi connectivity index (χ0) is 32.3. The number of hydrogen-bond donors (Lipinski definition) is 0. The Bertz CT molecular complexity index is 692. The molecule has 45 heavy (non-hydrogen) atoms. The van der Waals surface area contributed by atoms with Gasteiger partial charge >= 0.3 is 0 Å². The van der Waals surface area contributed by atoms with E-state index in [4.69, 9.17) is 0 Å². The highest BCUT2D eigenvalue weighted by Gasteiger charge is 2.16. The third-order valence-corrected chi connectivity index (χ3v) is 10.3. The highest BCUT2D eigenvalue weighted by atomic mass is 15.1. The molecule has 0 saturated carbocycles. The summed E-state index contributed by atoms with van der Waals surface area (Å²) >= 11 is 0. The van der Waals surface area contributed by atoms with Crippen molar-refractivity contribution in [3.05, 3.63) is 18.2 Å². The molecular weight excluding hydrogens is 544 g/mol. The highest BCUT2D eigenvalue weighted by Crippen LogP contribution is 2.16. The molecule has 0 saturated heterocycles. The van der Waals surface area contributed by atoms with Crippen LogP contribution in [0.15, 0.2) is 12.4 Å². The molecule has 1 aromatic heterocycles. The molecule has 0 aliphatic carbocycles. The SMILES string of the molecule is CCCCCCCCCCCCCCCCc1n(CCCCCCCCCCCCCC)cc[n+]1CCCCCCCCCC. The largest absolute Gasteiger partial charge is 0.256 e. The number of nitrogens with zero attached hydrogens (tertiary/aromatic N) is 2. The van der Waals surface area contributed by atoms with Crippen LogP contribution in [0.2, 0.25) is 0 Å². The zero-order valence-corrected chi connectivity index (χ0v) is 31.7. The van der Waals surface area contributed by atoms with Crippen molar-refractivity contribution in [3.63, 3.8) is 0 Å². The molecule has 1 rings (SSSR count). The molecule has 0 aromatic carbocycles. The highest BCUT2D eigenvalue weighted by molar-refractivity contribution is 4.84. The molecule has 0 atom stereocenters. The normalized spacial score (nSPS) is 11.6. The first-order valence-corrected chi connectivity index (χ1v) is 21.4. The van der Waals surface area contributed by atoms with Gasteiger partial charge in [-0.1, -0.05) is 207 Å². The minimum absolute atomic E-state index is 1.23. The molecule has 0 fully saturated rings. The Balaban J connectivity index is 2.27. The van der Waals surface area contributed by atoms with Crippen LogP contribution >= 0.6 is 0 Å². The molecule has 0 unspecified atom stereocenters. The summed E-state index contributed by atoms with van der Waals surface area (Å²) in [5, 5.41) is 0. The van der Waals surface area contributed by atoms with Gasteiger partial charge in [0.25, 0.3) is 5.82 Å². The average molecular weight is 630 g/mol. The van der Waals surface area contributed by atoms with E-state index in [1.54, 1.807) is 5.82 Å². The Labute approximate surface area is 285 Å². The maximum Gasteiger partial charge on any atom is 0.256 e. The van der Waals surface area contributed by atoms with E-state index >= 15 is 0 Å². The lowest BCUT2D eigenvalue weighted by Crippen LogP contribution is -2.37. The molecule has 0 bridgehead atoms. The summed E-state index contributed by atoms with van der Waals surface area (Å²) in [6.07, 6.45) is 54.9. The molecule has 1 heterocycles. The Kier molecular flexibility index (Phi) is 32.4. The number of aromatic nitrogens is 2. The number of imidazole rings is 1. The van der Waals surface area contributed by atoms with Crippen LogP contribution in [-0.4, -0.2) is 4.57 Å². The average Bonchev–Trinajstić information content (AvgIpc) is 3.43. The quantitative estimate of drug-likeness (QED) is 0.0511. The van der Waals surface area contributed by atoms with Crippen molar-refractivity contribution in [2.45, 2.75) is 259 Å². The third kappa shape index (κ3) is 26.9. The van der Waals surface area contributed by atoms with E-state index in [0.717, 1.165) is 0 Å². The van der Waals surface area contributed by atoms with E-state index < -0.39 is 0 Å². The Morgan fingerprint density at radius 1 is 0.378 bits per heavy atom. The van der Waals surface area contributed by atoms with Gasteiger partial charge in [0, 0.05) is 6.42 Å². The number of aryl methyl sites for hydroxylation is 2. The van der Waals surface area contributed by atoms with Crippen LogP contribution < -0.4 is 4.57 Å². The van der Waals surface area contributed by atoms with Gasteiger partial charge in [-0.3, -0.25) is 0 Å². The molecule has 0 radical (unpaired) electrons. The fourth-order valence-corrected chi connectivity index (χ4v) is 7.21. The predicted molar refractivity (Wildman–Crippen MR) is 202 cm³/mol. The van der Waals surface area contributed by atoms with Gasteiger partial charge in [-0.15, -0.1) is 0 Å². The summed E-state index contributed by atoms with van der Waals surface area (Å²) in [7, 11) is 0. The standard InChI is InChI=1S/C43H85N2/c1-4-7-10-13-16-19-21-23-24-25-27-29-32-35-38-43-44(39-36-33-30-18-15-12-9-6-3)41-42-45(43)40-37-34-31-28-26-22-20-17-14-11-8-5-2/h41-42H,4-40H2,1-3H3/q+1. The van der Waals surface area contributed by atoms with Crippen LogP contribution in [0.5, 0.6) is 0 Å². The molecule has 2 heteroatoms. The van der Waals surface area contributed by atoms with Crippen molar-refractivity contribution in [1.82, 2.24) is 4.57 Å². The van der Waals surface area contributed by atoms with Crippen molar-refractivity contribution in [1.29, 1.82) is 0 Å². The van der Waals surface area contributed by atoms with Gasteiger partial charge in [0.05, 0.1) is 13.1 Å². The van der Waals surface area contributed by atoms with E-state index in [0.29, 0.717) is 0 Å². The van der Waals surface area contributed by atoms with Crippen molar-refractivity contribution in [2.75, 3.05) is 0 Å². The van der Waals surface area contributed by atoms with E-state index in [2.05, 4.69) is 42.3 Å². The van der Waals surface area contributed by atoms with Crippen LogP contribution in [-0.2, 0) is 19.5 Å². The van der Waals surface area contributed by atoms with E-state index in [9.17, 15) is 0 Å². The Morgan fingerprint density at radius 2 is 0.689 bits per heavy atom. The molecule has 2 nitrogen and oxygen atoms in total. The van der Waals surface area contributed by atoms with Gasteiger partial charge in [-0.25, -0.2) is 9.13 Å². The van der Waals surface area contributed by atoms with Gasteiger partial charge in [0.2, 0.25) is 0 Å². The molecular formula is C43H85N2+. The number of hydrogen-bond acceptors (Lipinski definition) is 0. The van der Waals surface area contributed by atoms with Crippen molar-refractivity contribution in [2.24, 2.45) is 0 Å². The molecule has 0 N–H and O–H groups in total. The summed E-state index contributed by atoms with van der Waals surface area (Å²) in [5.74, 6) is 1.62. The summed E-state index contributed by atoms with van der Waals surface area (Å²) in [5.41, 5.74) is 0. The molecule has 0 spiro atoms. The zero-order valence-electron chi connectivity index (χ0n) is 31.7. The monoisotopic (exact) mass is 630 g/mol. The fraction of sp³-hybridized carbons (Fsp3) is 0.930. The summed E-state index contributed by atoms with van der Waals surface area (Å²) in [6.45, 7) is 9.41. The number of rotatable bonds is 37. The van der Waals surface area contributed by atoms with Crippen molar-refractivity contribution < 1.29 is 4.57 Å². The van der Waals surface area contributed by atoms with Crippen LogP contribution in [0.25, 0.3) is 0 Å². The van der Waals surface area contributed by atoms with Crippen LogP contribution in [0.1, 0.15) is 245 Å². The second kappa shape index (κ2) is 34.5. The lowest BCUT2D eigenvalue weighted by Gasteiger charge is -2.07. The summed E-state index contributed by atoms with van der Waals surface area (Å²) in [4.78, 5) is 0. The summed E-state index contributed by atoms with van der Waals surface area (Å²) in [6, 6.07) is 0. The minimum Gasteiger partial charge on any atom is -0.234 e. The summed E-state index contributed by atoms with van der Waals surface area (Å²) < 4.78 is 5.28. The van der Waals surface area contributed by atoms with Gasteiger partial charge < -0.3 is 0 Å². The topological polar surface area (TPSA) is 8.81 Å². The first-order chi connectivity index (χ1) is 22.3.